The maximum atomic E-state index is 5.93. The van der Waals surface area contributed by atoms with Crippen molar-refractivity contribution in [1.82, 2.24) is 5.32 Å². The van der Waals surface area contributed by atoms with Gasteiger partial charge in [-0.05, 0) is 38.4 Å². The summed E-state index contributed by atoms with van der Waals surface area (Å²) < 4.78 is 17.0. The summed E-state index contributed by atoms with van der Waals surface area (Å²) in [7, 11) is 3.38. The van der Waals surface area contributed by atoms with E-state index in [1.807, 2.05) is 25.1 Å². The van der Waals surface area contributed by atoms with Crippen molar-refractivity contribution in [3.05, 3.63) is 23.8 Å². The van der Waals surface area contributed by atoms with Gasteiger partial charge in [0.05, 0.1) is 31.9 Å². The summed E-state index contributed by atoms with van der Waals surface area (Å²) in [6, 6.07) is 5.94. The lowest BCUT2D eigenvalue weighted by Gasteiger charge is -2.30. The topological polar surface area (TPSA) is 39.7 Å². The molecule has 0 amide bonds. The first kappa shape index (κ1) is 17.8. The van der Waals surface area contributed by atoms with Crippen molar-refractivity contribution in [2.24, 2.45) is 0 Å². The van der Waals surface area contributed by atoms with E-state index in [1.54, 1.807) is 14.2 Å². The van der Waals surface area contributed by atoms with E-state index in [9.17, 15) is 0 Å². The number of nitrogens with one attached hydrogen (secondary N) is 1. The molecule has 2 atom stereocenters. The van der Waals surface area contributed by atoms with Gasteiger partial charge in [-0.15, -0.1) is 0 Å². The highest BCUT2D eigenvalue weighted by molar-refractivity contribution is 5.47. The van der Waals surface area contributed by atoms with Gasteiger partial charge < -0.3 is 19.5 Å². The zero-order valence-corrected chi connectivity index (χ0v) is 13.9. The van der Waals surface area contributed by atoms with Crippen molar-refractivity contribution in [3.8, 4) is 11.5 Å². The van der Waals surface area contributed by atoms with Crippen LogP contribution in [0.2, 0.25) is 0 Å². The fourth-order valence-electron chi connectivity index (χ4n) is 2.57. The van der Waals surface area contributed by atoms with Crippen LogP contribution in [-0.4, -0.2) is 33.5 Å². The lowest BCUT2D eigenvalue weighted by atomic mass is 9.97. The molecule has 0 spiro atoms. The van der Waals surface area contributed by atoms with Gasteiger partial charge >= 0.3 is 0 Å². The molecular formula is C17H29NO3. The van der Waals surface area contributed by atoms with E-state index in [-0.39, 0.29) is 12.1 Å². The number of hydrogen-bond acceptors (Lipinski definition) is 4. The highest BCUT2D eigenvalue weighted by atomic mass is 16.5. The number of methoxy groups -OCH3 is 2. The molecule has 0 aromatic heterocycles. The predicted molar refractivity (Wildman–Crippen MR) is 86.3 cm³/mol. The van der Waals surface area contributed by atoms with Gasteiger partial charge in [-0.3, -0.25) is 0 Å². The Kier molecular flexibility index (Phi) is 8.16. The minimum atomic E-state index is 0.0565. The van der Waals surface area contributed by atoms with Gasteiger partial charge in [0, 0.05) is 6.61 Å². The minimum absolute atomic E-state index is 0.0565. The van der Waals surface area contributed by atoms with Crippen molar-refractivity contribution >= 4 is 0 Å². The van der Waals surface area contributed by atoms with Gasteiger partial charge in [-0.2, -0.15) is 0 Å². The lowest BCUT2D eigenvalue weighted by Crippen LogP contribution is -2.34. The van der Waals surface area contributed by atoms with E-state index >= 15 is 0 Å². The van der Waals surface area contributed by atoms with Gasteiger partial charge in [0.1, 0.15) is 11.5 Å². The summed E-state index contributed by atoms with van der Waals surface area (Å²) in [5.41, 5.74) is 1.04. The zero-order valence-electron chi connectivity index (χ0n) is 13.9. The quantitative estimate of drug-likeness (QED) is 0.716. The molecule has 0 saturated heterocycles. The minimum Gasteiger partial charge on any atom is -0.496 e. The Bertz CT molecular complexity index is 387. The molecule has 1 aromatic rings. The van der Waals surface area contributed by atoms with Crippen LogP contribution in [0.15, 0.2) is 18.2 Å². The first-order chi connectivity index (χ1) is 10.2. The standard InChI is InChI=1S/C17H29NO3/c1-6-12-18-17(13(7-2)21-8-3)16-14(19-4)10-9-11-15(16)20-5/h9-11,13,17-18H,6-8,12H2,1-5H3. The molecular weight excluding hydrogens is 266 g/mol. The largest absolute Gasteiger partial charge is 0.496 e. The molecule has 1 rings (SSSR count). The summed E-state index contributed by atoms with van der Waals surface area (Å²) in [6.07, 6.45) is 2.08. The molecule has 0 bridgehead atoms. The molecule has 0 aliphatic carbocycles. The van der Waals surface area contributed by atoms with E-state index in [0.29, 0.717) is 6.61 Å². The number of ether oxygens (including phenoxy) is 3. The molecule has 0 aliphatic heterocycles. The van der Waals surface area contributed by atoms with Gasteiger partial charge in [-0.25, -0.2) is 0 Å². The summed E-state index contributed by atoms with van der Waals surface area (Å²) in [6.45, 7) is 7.95. The Morgan fingerprint density at radius 3 is 2.10 bits per heavy atom. The predicted octanol–water partition coefficient (Wildman–Crippen LogP) is 3.56. The maximum Gasteiger partial charge on any atom is 0.127 e. The molecule has 120 valence electrons. The Morgan fingerprint density at radius 2 is 1.67 bits per heavy atom. The second kappa shape index (κ2) is 9.64. The fourth-order valence-corrected chi connectivity index (χ4v) is 2.57. The SMILES string of the molecule is CCCNC(c1c(OC)cccc1OC)C(CC)OCC. The van der Waals surface area contributed by atoms with Crippen molar-refractivity contribution in [1.29, 1.82) is 0 Å². The number of hydrogen-bond donors (Lipinski definition) is 1. The second-order valence-corrected chi connectivity index (χ2v) is 4.91. The molecule has 4 nitrogen and oxygen atoms in total. The maximum absolute atomic E-state index is 5.93. The Labute approximate surface area is 128 Å². The highest BCUT2D eigenvalue weighted by Gasteiger charge is 2.27. The van der Waals surface area contributed by atoms with Gasteiger partial charge in [0.15, 0.2) is 0 Å². The summed E-state index contributed by atoms with van der Waals surface area (Å²) >= 11 is 0. The smallest absolute Gasteiger partial charge is 0.127 e. The third-order valence-electron chi connectivity index (χ3n) is 3.55. The monoisotopic (exact) mass is 295 g/mol. The van der Waals surface area contributed by atoms with E-state index in [0.717, 1.165) is 36.4 Å². The molecule has 0 fully saturated rings. The third kappa shape index (κ3) is 4.61. The molecule has 2 unspecified atom stereocenters. The highest BCUT2D eigenvalue weighted by Crippen LogP contribution is 2.37. The van der Waals surface area contributed by atoms with Crippen molar-refractivity contribution in [2.45, 2.75) is 45.8 Å². The van der Waals surface area contributed by atoms with Crippen LogP contribution in [0.1, 0.15) is 45.2 Å². The number of rotatable bonds is 10. The third-order valence-corrected chi connectivity index (χ3v) is 3.55. The molecule has 4 heteroatoms. The van der Waals surface area contributed by atoms with Crippen molar-refractivity contribution in [3.63, 3.8) is 0 Å². The molecule has 1 N–H and O–H groups in total. The molecule has 0 heterocycles. The Morgan fingerprint density at radius 1 is 1.05 bits per heavy atom. The van der Waals surface area contributed by atoms with Gasteiger partial charge in [0.2, 0.25) is 0 Å². The molecule has 21 heavy (non-hydrogen) atoms. The lowest BCUT2D eigenvalue weighted by molar-refractivity contribution is 0.0302. The number of benzene rings is 1. The Balaban J connectivity index is 3.23. The van der Waals surface area contributed by atoms with Crippen LogP contribution in [0, 0.1) is 0 Å². The van der Waals surface area contributed by atoms with Crippen molar-refractivity contribution < 1.29 is 14.2 Å². The van der Waals surface area contributed by atoms with Crippen LogP contribution in [-0.2, 0) is 4.74 Å². The molecule has 0 saturated carbocycles. The first-order valence-electron chi connectivity index (χ1n) is 7.79. The average molecular weight is 295 g/mol. The summed E-state index contributed by atoms with van der Waals surface area (Å²) in [4.78, 5) is 0. The van der Waals surface area contributed by atoms with Gasteiger partial charge in [0.25, 0.3) is 0 Å². The van der Waals surface area contributed by atoms with Crippen LogP contribution in [0.3, 0.4) is 0 Å². The summed E-state index contributed by atoms with van der Waals surface area (Å²) in [5, 5.41) is 3.59. The van der Waals surface area contributed by atoms with E-state index in [1.165, 1.54) is 0 Å². The van der Waals surface area contributed by atoms with E-state index in [2.05, 4.69) is 19.2 Å². The average Bonchev–Trinajstić information content (AvgIpc) is 2.53. The molecule has 1 aromatic carbocycles. The fraction of sp³-hybridized carbons (Fsp3) is 0.647. The van der Waals surface area contributed by atoms with E-state index < -0.39 is 0 Å². The zero-order chi connectivity index (χ0) is 15.7. The van der Waals surface area contributed by atoms with Crippen molar-refractivity contribution in [2.75, 3.05) is 27.4 Å². The van der Waals surface area contributed by atoms with Crippen LogP contribution in [0.25, 0.3) is 0 Å². The van der Waals surface area contributed by atoms with Crippen LogP contribution in [0.5, 0.6) is 11.5 Å². The van der Waals surface area contributed by atoms with Crippen LogP contribution in [0.4, 0.5) is 0 Å². The molecule has 0 aliphatic rings. The van der Waals surface area contributed by atoms with Crippen LogP contribution < -0.4 is 14.8 Å². The second-order valence-electron chi connectivity index (χ2n) is 4.91. The first-order valence-corrected chi connectivity index (χ1v) is 7.79. The van der Waals surface area contributed by atoms with Crippen LogP contribution >= 0.6 is 0 Å². The van der Waals surface area contributed by atoms with E-state index in [4.69, 9.17) is 14.2 Å². The van der Waals surface area contributed by atoms with Gasteiger partial charge in [-0.1, -0.05) is 19.9 Å². The summed E-state index contributed by atoms with van der Waals surface area (Å²) in [5.74, 6) is 1.67. The normalized spacial score (nSPS) is 13.8. The molecule has 0 radical (unpaired) electrons. The Hall–Kier alpha value is -1.26.